The van der Waals surface area contributed by atoms with Crippen LogP contribution in [-0.4, -0.2) is 12.1 Å². The third kappa shape index (κ3) is 4.49. The zero-order chi connectivity index (χ0) is 12.0. The van der Waals surface area contributed by atoms with E-state index in [-0.39, 0.29) is 5.54 Å². The topological polar surface area (TPSA) is 25.8 Å². The van der Waals surface area contributed by atoms with Gasteiger partial charge in [-0.1, -0.05) is 24.8 Å². The molecule has 0 aliphatic carbocycles. The van der Waals surface area contributed by atoms with Gasteiger partial charge in [-0.2, -0.15) is 0 Å². The van der Waals surface area contributed by atoms with Crippen molar-refractivity contribution in [1.82, 2.24) is 0 Å². The third-order valence-electron chi connectivity index (χ3n) is 2.26. The van der Waals surface area contributed by atoms with E-state index >= 15 is 0 Å². The van der Waals surface area contributed by atoms with Crippen LogP contribution >= 0.6 is 0 Å². The number of rotatable bonds is 5. The number of benzene rings is 1. The van der Waals surface area contributed by atoms with Gasteiger partial charge in [-0.15, -0.1) is 0 Å². The van der Waals surface area contributed by atoms with Crippen molar-refractivity contribution in [3.63, 3.8) is 0 Å². The molecule has 1 rings (SSSR count). The lowest BCUT2D eigenvalue weighted by molar-refractivity contribution is -0.731. The number of ether oxygens (including phenoxy) is 1. The fourth-order valence-electron chi connectivity index (χ4n) is 1.38. The molecule has 16 heavy (non-hydrogen) atoms. The zero-order valence-corrected chi connectivity index (χ0v) is 10.5. The van der Waals surface area contributed by atoms with Gasteiger partial charge >= 0.3 is 0 Å². The average molecular weight is 220 g/mol. The van der Waals surface area contributed by atoms with Crippen LogP contribution < -0.4 is 10.1 Å². The van der Waals surface area contributed by atoms with E-state index in [2.05, 4.69) is 38.7 Å². The summed E-state index contributed by atoms with van der Waals surface area (Å²) in [6.45, 7) is 11.8. The first kappa shape index (κ1) is 12.8. The minimum atomic E-state index is 0.242. The zero-order valence-electron chi connectivity index (χ0n) is 10.5. The van der Waals surface area contributed by atoms with Crippen LogP contribution in [0.2, 0.25) is 0 Å². The highest BCUT2D eigenvalue weighted by Gasteiger charge is 2.14. The average Bonchev–Trinajstić information content (AvgIpc) is 2.23. The lowest BCUT2D eigenvalue weighted by Crippen LogP contribution is -2.92. The molecule has 0 spiro atoms. The van der Waals surface area contributed by atoms with Crippen molar-refractivity contribution >= 4 is 0 Å². The molecule has 88 valence electrons. The van der Waals surface area contributed by atoms with E-state index in [0.29, 0.717) is 6.61 Å². The van der Waals surface area contributed by atoms with Gasteiger partial charge in [0, 0.05) is 5.56 Å². The molecular weight excluding hydrogens is 198 g/mol. The molecule has 0 atom stereocenters. The van der Waals surface area contributed by atoms with Crippen molar-refractivity contribution in [2.45, 2.75) is 32.9 Å². The maximum absolute atomic E-state index is 5.61. The van der Waals surface area contributed by atoms with Crippen LogP contribution in [0.25, 0.3) is 0 Å². The van der Waals surface area contributed by atoms with Gasteiger partial charge < -0.3 is 10.1 Å². The van der Waals surface area contributed by atoms with Crippen LogP contribution in [-0.2, 0) is 6.54 Å². The van der Waals surface area contributed by atoms with Gasteiger partial charge in [-0.25, -0.2) is 0 Å². The second-order valence-electron chi connectivity index (χ2n) is 4.98. The largest absolute Gasteiger partial charge is 0.489 e. The molecule has 0 aliphatic heterocycles. The lowest BCUT2D eigenvalue weighted by atomic mass is 10.1. The molecule has 0 aromatic heterocycles. The SMILES string of the molecule is C=CCOc1ccccc1C[NH2+]C(C)(C)C. The predicted molar refractivity (Wildman–Crippen MR) is 67.5 cm³/mol. The van der Waals surface area contributed by atoms with Gasteiger partial charge in [0.2, 0.25) is 0 Å². The van der Waals surface area contributed by atoms with Gasteiger partial charge in [0.05, 0.1) is 5.54 Å². The van der Waals surface area contributed by atoms with Crippen LogP contribution in [0.15, 0.2) is 36.9 Å². The first-order valence-electron chi connectivity index (χ1n) is 5.69. The number of quaternary nitrogens is 1. The summed E-state index contributed by atoms with van der Waals surface area (Å²) >= 11 is 0. The summed E-state index contributed by atoms with van der Waals surface area (Å²) in [7, 11) is 0. The van der Waals surface area contributed by atoms with Crippen LogP contribution in [0.3, 0.4) is 0 Å². The molecule has 0 unspecified atom stereocenters. The van der Waals surface area contributed by atoms with Crippen LogP contribution in [0.5, 0.6) is 5.75 Å². The molecule has 0 saturated carbocycles. The molecule has 0 radical (unpaired) electrons. The van der Waals surface area contributed by atoms with Gasteiger partial charge in [0.15, 0.2) is 0 Å². The Morgan fingerprint density at radius 1 is 1.31 bits per heavy atom. The first-order chi connectivity index (χ1) is 7.53. The van der Waals surface area contributed by atoms with E-state index in [1.54, 1.807) is 6.08 Å². The summed E-state index contributed by atoms with van der Waals surface area (Å²) in [5, 5.41) is 2.31. The van der Waals surface area contributed by atoms with E-state index in [0.717, 1.165) is 12.3 Å². The molecule has 0 amide bonds. The van der Waals surface area contributed by atoms with Crippen molar-refractivity contribution < 1.29 is 10.1 Å². The number of nitrogens with two attached hydrogens (primary N) is 1. The fraction of sp³-hybridized carbons (Fsp3) is 0.429. The summed E-state index contributed by atoms with van der Waals surface area (Å²) in [6.07, 6.45) is 1.77. The van der Waals surface area contributed by atoms with Crippen molar-refractivity contribution in [3.05, 3.63) is 42.5 Å². The van der Waals surface area contributed by atoms with Crippen LogP contribution in [0, 0.1) is 0 Å². The van der Waals surface area contributed by atoms with Crippen LogP contribution in [0.1, 0.15) is 26.3 Å². The summed E-state index contributed by atoms with van der Waals surface area (Å²) in [5.41, 5.74) is 1.48. The third-order valence-corrected chi connectivity index (χ3v) is 2.26. The Hall–Kier alpha value is -1.28. The smallest absolute Gasteiger partial charge is 0.128 e. The van der Waals surface area contributed by atoms with Crippen molar-refractivity contribution in [2.75, 3.05) is 6.61 Å². The van der Waals surface area contributed by atoms with Gasteiger partial charge in [0.1, 0.15) is 18.9 Å². The monoisotopic (exact) mass is 220 g/mol. The van der Waals surface area contributed by atoms with E-state index in [4.69, 9.17) is 4.74 Å². The Labute approximate surface area is 98.3 Å². The number of hydrogen-bond donors (Lipinski definition) is 1. The molecule has 1 aromatic rings. The molecular formula is C14H22NO+. The fourth-order valence-corrected chi connectivity index (χ4v) is 1.38. The normalized spacial score (nSPS) is 11.2. The van der Waals surface area contributed by atoms with E-state index in [9.17, 15) is 0 Å². The van der Waals surface area contributed by atoms with Crippen molar-refractivity contribution in [1.29, 1.82) is 0 Å². The second kappa shape index (κ2) is 5.71. The van der Waals surface area contributed by atoms with E-state index in [1.807, 2.05) is 18.2 Å². The van der Waals surface area contributed by atoms with Gasteiger partial charge in [-0.3, -0.25) is 0 Å². The van der Waals surface area contributed by atoms with Gasteiger partial charge in [-0.05, 0) is 32.9 Å². The Morgan fingerprint density at radius 2 is 2.00 bits per heavy atom. The molecule has 2 heteroatoms. The standard InChI is InChI=1S/C14H21NO/c1-5-10-16-13-9-7-6-8-12(13)11-15-14(2,3)4/h5-9,15H,1,10-11H2,2-4H3/p+1. The molecule has 2 N–H and O–H groups in total. The Kier molecular flexibility index (Phi) is 4.56. The molecule has 0 heterocycles. The van der Waals surface area contributed by atoms with Crippen LogP contribution in [0.4, 0.5) is 0 Å². The summed E-state index contributed by atoms with van der Waals surface area (Å²) in [5.74, 6) is 0.961. The van der Waals surface area contributed by atoms with E-state index < -0.39 is 0 Å². The molecule has 0 bridgehead atoms. The number of hydrogen-bond acceptors (Lipinski definition) is 1. The van der Waals surface area contributed by atoms with Crippen molar-refractivity contribution in [2.24, 2.45) is 0 Å². The highest BCUT2D eigenvalue weighted by atomic mass is 16.5. The van der Waals surface area contributed by atoms with Gasteiger partial charge in [0.25, 0.3) is 0 Å². The Bertz CT molecular complexity index is 339. The molecule has 0 saturated heterocycles. The molecule has 0 aliphatic rings. The summed E-state index contributed by atoms with van der Waals surface area (Å²) in [6, 6.07) is 8.17. The second-order valence-corrected chi connectivity index (χ2v) is 4.98. The predicted octanol–water partition coefficient (Wildman–Crippen LogP) is 2.11. The summed E-state index contributed by atoms with van der Waals surface area (Å²) < 4.78 is 5.61. The lowest BCUT2D eigenvalue weighted by Gasteiger charge is -2.18. The maximum Gasteiger partial charge on any atom is 0.128 e. The first-order valence-corrected chi connectivity index (χ1v) is 5.69. The maximum atomic E-state index is 5.61. The molecule has 2 nitrogen and oxygen atoms in total. The minimum Gasteiger partial charge on any atom is -0.489 e. The van der Waals surface area contributed by atoms with Crippen molar-refractivity contribution in [3.8, 4) is 5.75 Å². The molecule has 0 fully saturated rings. The minimum absolute atomic E-state index is 0.242. The Morgan fingerprint density at radius 3 is 2.62 bits per heavy atom. The Balaban J connectivity index is 2.67. The van der Waals surface area contributed by atoms with E-state index in [1.165, 1.54) is 5.56 Å². The summed E-state index contributed by atoms with van der Waals surface area (Å²) in [4.78, 5) is 0. The molecule has 1 aromatic carbocycles. The highest BCUT2D eigenvalue weighted by Crippen LogP contribution is 2.16. The highest BCUT2D eigenvalue weighted by molar-refractivity contribution is 5.32. The number of para-hydroxylation sites is 1. The quantitative estimate of drug-likeness (QED) is 0.756.